The van der Waals surface area contributed by atoms with Gasteiger partial charge in [0.2, 0.25) is 0 Å². The van der Waals surface area contributed by atoms with Crippen molar-refractivity contribution in [2.45, 2.75) is 44.9 Å². The van der Waals surface area contributed by atoms with E-state index in [4.69, 9.17) is 9.15 Å². The standard InChI is InChI=1S/C26H27NO5S/c1-6-31-25(28)23-16(2)32-24-20-10-8-7-9-19(20)22(15-21(23)24)27-33(29,30)18-13-11-17(12-14-18)26(3,4)5/h7-15,27H,6H2,1-5H3. The lowest BCUT2D eigenvalue weighted by atomic mass is 9.87. The number of benzene rings is 3. The maximum Gasteiger partial charge on any atom is 0.342 e. The van der Waals surface area contributed by atoms with Gasteiger partial charge in [-0.3, -0.25) is 4.72 Å². The molecule has 0 saturated heterocycles. The Hall–Kier alpha value is -3.32. The van der Waals surface area contributed by atoms with Gasteiger partial charge in [-0.25, -0.2) is 13.2 Å². The second-order valence-electron chi connectivity index (χ2n) is 8.98. The van der Waals surface area contributed by atoms with E-state index in [9.17, 15) is 13.2 Å². The van der Waals surface area contributed by atoms with Crippen LogP contribution in [0.1, 0.15) is 49.4 Å². The van der Waals surface area contributed by atoms with Gasteiger partial charge in [0.05, 0.1) is 17.2 Å². The second kappa shape index (κ2) is 8.23. The maximum absolute atomic E-state index is 13.2. The van der Waals surface area contributed by atoms with Crippen LogP contribution in [-0.2, 0) is 20.2 Å². The van der Waals surface area contributed by atoms with Crippen LogP contribution in [0.4, 0.5) is 5.69 Å². The Morgan fingerprint density at radius 1 is 1.00 bits per heavy atom. The molecule has 0 bridgehead atoms. The molecule has 172 valence electrons. The van der Waals surface area contributed by atoms with Gasteiger partial charge in [-0.2, -0.15) is 0 Å². The zero-order valence-corrected chi connectivity index (χ0v) is 20.2. The Morgan fingerprint density at radius 2 is 1.64 bits per heavy atom. The summed E-state index contributed by atoms with van der Waals surface area (Å²) in [5, 5.41) is 1.88. The van der Waals surface area contributed by atoms with Gasteiger partial charge in [-0.1, -0.05) is 57.2 Å². The number of carbonyl (C=O) groups is 1. The highest BCUT2D eigenvalue weighted by atomic mass is 32.2. The van der Waals surface area contributed by atoms with E-state index >= 15 is 0 Å². The number of furan rings is 1. The van der Waals surface area contributed by atoms with Crippen molar-refractivity contribution in [2.75, 3.05) is 11.3 Å². The number of ether oxygens (including phenoxy) is 1. The number of carbonyl (C=O) groups excluding carboxylic acids is 1. The van der Waals surface area contributed by atoms with Gasteiger partial charge >= 0.3 is 5.97 Å². The number of nitrogens with one attached hydrogen (secondary N) is 1. The quantitative estimate of drug-likeness (QED) is 0.356. The number of anilines is 1. The molecule has 6 nitrogen and oxygen atoms in total. The van der Waals surface area contributed by atoms with Crippen LogP contribution in [0.5, 0.6) is 0 Å². The molecule has 4 aromatic rings. The number of hydrogen-bond donors (Lipinski definition) is 1. The fourth-order valence-electron chi connectivity index (χ4n) is 3.92. The van der Waals surface area contributed by atoms with Crippen LogP contribution < -0.4 is 4.72 Å². The molecule has 0 aliphatic carbocycles. The fraction of sp³-hybridized carbons (Fsp3) is 0.269. The summed E-state index contributed by atoms with van der Waals surface area (Å²) in [6.07, 6.45) is 0. The zero-order chi connectivity index (χ0) is 24.0. The first-order valence-electron chi connectivity index (χ1n) is 10.8. The van der Waals surface area contributed by atoms with Crippen molar-refractivity contribution >= 4 is 43.4 Å². The van der Waals surface area contributed by atoms with Crippen molar-refractivity contribution in [3.8, 4) is 0 Å². The fourth-order valence-corrected chi connectivity index (χ4v) is 4.99. The summed E-state index contributed by atoms with van der Waals surface area (Å²) in [4.78, 5) is 12.7. The minimum atomic E-state index is -3.87. The van der Waals surface area contributed by atoms with E-state index in [1.165, 1.54) is 0 Å². The van der Waals surface area contributed by atoms with Gasteiger partial charge < -0.3 is 9.15 Å². The van der Waals surface area contributed by atoms with Gasteiger partial charge in [-0.15, -0.1) is 0 Å². The Balaban J connectivity index is 1.86. The van der Waals surface area contributed by atoms with Crippen LogP contribution in [0.15, 0.2) is 63.9 Å². The number of fused-ring (bicyclic) bond motifs is 3. The Labute approximate surface area is 193 Å². The third kappa shape index (κ3) is 4.20. The van der Waals surface area contributed by atoms with E-state index in [0.29, 0.717) is 38.8 Å². The van der Waals surface area contributed by atoms with Crippen LogP contribution >= 0.6 is 0 Å². The molecule has 1 heterocycles. The maximum atomic E-state index is 13.2. The number of hydrogen-bond acceptors (Lipinski definition) is 5. The summed E-state index contributed by atoms with van der Waals surface area (Å²) in [5.74, 6) is -0.0815. The van der Waals surface area contributed by atoms with Crippen molar-refractivity contribution in [2.24, 2.45) is 0 Å². The van der Waals surface area contributed by atoms with Crippen molar-refractivity contribution in [1.82, 2.24) is 0 Å². The molecule has 33 heavy (non-hydrogen) atoms. The topological polar surface area (TPSA) is 85.6 Å². The van der Waals surface area contributed by atoms with Gasteiger partial charge in [-0.05, 0) is 43.0 Å². The first-order valence-corrected chi connectivity index (χ1v) is 12.3. The number of sulfonamides is 1. The summed E-state index contributed by atoms with van der Waals surface area (Å²) in [6, 6.07) is 15.8. The number of esters is 1. The Kier molecular flexibility index (Phi) is 5.70. The van der Waals surface area contributed by atoms with Crippen molar-refractivity contribution in [3.05, 3.63) is 71.5 Å². The van der Waals surface area contributed by atoms with Gasteiger partial charge in [0, 0.05) is 16.2 Å². The molecule has 0 aliphatic rings. The average molecular weight is 466 g/mol. The van der Waals surface area contributed by atoms with Crippen LogP contribution in [-0.4, -0.2) is 21.0 Å². The van der Waals surface area contributed by atoms with Crippen molar-refractivity contribution in [3.63, 3.8) is 0 Å². The molecule has 0 spiro atoms. The van der Waals surface area contributed by atoms with Crippen molar-refractivity contribution in [1.29, 1.82) is 0 Å². The van der Waals surface area contributed by atoms with Crippen LogP contribution in [0, 0.1) is 6.92 Å². The van der Waals surface area contributed by atoms with E-state index in [1.54, 1.807) is 32.0 Å². The van der Waals surface area contributed by atoms with E-state index in [2.05, 4.69) is 25.5 Å². The molecular formula is C26H27NO5S. The lowest BCUT2D eigenvalue weighted by molar-refractivity contribution is 0.0526. The van der Waals surface area contributed by atoms with E-state index in [0.717, 1.165) is 5.56 Å². The summed E-state index contributed by atoms with van der Waals surface area (Å²) < 4.78 is 40.3. The molecule has 1 N–H and O–H groups in total. The highest BCUT2D eigenvalue weighted by molar-refractivity contribution is 7.92. The number of aryl methyl sites for hydroxylation is 1. The van der Waals surface area contributed by atoms with Gasteiger partial charge in [0.15, 0.2) is 0 Å². The molecule has 0 unspecified atom stereocenters. The minimum Gasteiger partial charge on any atom is -0.462 e. The normalized spacial score (nSPS) is 12.3. The largest absolute Gasteiger partial charge is 0.462 e. The molecule has 7 heteroatoms. The molecule has 0 saturated carbocycles. The molecular weight excluding hydrogens is 438 g/mol. The van der Waals surface area contributed by atoms with E-state index < -0.39 is 16.0 Å². The summed E-state index contributed by atoms with van der Waals surface area (Å²) >= 11 is 0. The first-order chi connectivity index (χ1) is 15.5. The van der Waals surface area contributed by atoms with Crippen LogP contribution in [0.25, 0.3) is 21.7 Å². The molecule has 0 fully saturated rings. The first kappa shape index (κ1) is 22.9. The van der Waals surface area contributed by atoms with E-state index in [1.807, 2.05) is 36.4 Å². The lowest BCUT2D eigenvalue weighted by Gasteiger charge is -2.19. The third-order valence-corrected chi connectivity index (χ3v) is 7.01. The SMILES string of the molecule is CCOC(=O)c1c(C)oc2c1cc(NS(=O)(=O)c1ccc(C(C)(C)C)cc1)c1ccccc12. The van der Waals surface area contributed by atoms with Gasteiger partial charge in [0.25, 0.3) is 10.0 Å². The van der Waals surface area contributed by atoms with Crippen LogP contribution in [0.2, 0.25) is 0 Å². The Morgan fingerprint density at radius 3 is 2.24 bits per heavy atom. The molecule has 0 atom stereocenters. The predicted molar refractivity (Wildman–Crippen MR) is 130 cm³/mol. The van der Waals surface area contributed by atoms with E-state index in [-0.39, 0.29) is 16.9 Å². The minimum absolute atomic E-state index is 0.0837. The van der Waals surface area contributed by atoms with Gasteiger partial charge in [0.1, 0.15) is 16.9 Å². The summed E-state index contributed by atoms with van der Waals surface area (Å²) in [7, 11) is -3.87. The highest BCUT2D eigenvalue weighted by Gasteiger charge is 2.24. The third-order valence-electron chi connectivity index (χ3n) is 5.63. The molecule has 3 aromatic carbocycles. The molecule has 4 rings (SSSR count). The lowest BCUT2D eigenvalue weighted by Crippen LogP contribution is -2.15. The monoisotopic (exact) mass is 465 g/mol. The number of rotatable bonds is 5. The average Bonchev–Trinajstić information content (AvgIpc) is 3.09. The predicted octanol–water partition coefficient (Wildman–Crippen LogP) is 6.17. The summed E-state index contributed by atoms with van der Waals surface area (Å²) in [6.45, 7) is 9.87. The summed E-state index contributed by atoms with van der Waals surface area (Å²) in [5.41, 5.74) is 2.14. The zero-order valence-electron chi connectivity index (χ0n) is 19.4. The second-order valence-corrected chi connectivity index (χ2v) is 10.7. The molecule has 0 radical (unpaired) electrons. The molecule has 0 amide bonds. The van der Waals surface area contributed by atoms with Crippen molar-refractivity contribution < 1.29 is 22.4 Å². The molecule has 0 aliphatic heterocycles. The highest BCUT2D eigenvalue weighted by Crippen LogP contribution is 2.37. The molecule has 1 aromatic heterocycles. The smallest absolute Gasteiger partial charge is 0.342 e. The van der Waals surface area contributed by atoms with Crippen LogP contribution in [0.3, 0.4) is 0 Å². The Bertz CT molecular complexity index is 1460.